The predicted molar refractivity (Wildman–Crippen MR) is 114 cm³/mol. The molecule has 0 amide bonds. The van der Waals surface area contributed by atoms with Crippen LogP contribution in [-0.2, 0) is 6.54 Å². The van der Waals surface area contributed by atoms with Crippen LogP contribution in [0.5, 0.6) is 0 Å². The number of aromatic nitrogens is 5. The summed E-state index contributed by atoms with van der Waals surface area (Å²) in [4.78, 5) is 0. The fourth-order valence-electron chi connectivity index (χ4n) is 3.13. The van der Waals surface area contributed by atoms with Gasteiger partial charge < -0.3 is 9.73 Å². The van der Waals surface area contributed by atoms with Gasteiger partial charge in [0.25, 0.3) is 0 Å². The molecule has 146 valence electrons. The van der Waals surface area contributed by atoms with Gasteiger partial charge in [0.2, 0.25) is 11.8 Å². The van der Waals surface area contributed by atoms with Crippen LogP contribution in [0.1, 0.15) is 5.69 Å². The van der Waals surface area contributed by atoms with Crippen LogP contribution in [0.4, 0.5) is 5.69 Å². The molecular weight excluding hydrogens is 376 g/mol. The maximum atomic E-state index is 5.92. The van der Waals surface area contributed by atoms with Gasteiger partial charge in [0.1, 0.15) is 5.69 Å². The topological polar surface area (TPSA) is 81.7 Å². The second-order valence-electron chi connectivity index (χ2n) is 6.67. The normalized spacial score (nSPS) is 10.8. The maximum absolute atomic E-state index is 5.92. The standard InChI is InChI=1S/C23H18N6O/c1-3-9-17(10-4-1)22-26-27-23(30-22)20-13-7-8-14-21(20)24-15-18-16-29(28-25-18)19-11-5-2-6-12-19/h1-14,16,24H,15H2. The van der Waals surface area contributed by atoms with E-state index in [0.717, 1.165) is 28.2 Å². The molecular formula is C23H18N6O. The van der Waals surface area contributed by atoms with Gasteiger partial charge in [-0.1, -0.05) is 53.7 Å². The summed E-state index contributed by atoms with van der Waals surface area (Å²) in [5.41, 5.74) is 4.40. The summed E-state index contributed by atoms with van der Waals surface area (Å²) in [6.07, 6.45) is 1.91. The highest BCUT2D eigenvalue weighted by molar-refractivity contribution is 5.72. The van der Waals surface area contributed by atoms with Crippen molar-refractivity contribution in [3.05, 3.63) is 96.8 Å². The van der Waals surface area contributed by atoms with Gasteiger partial charge in [0, 0.05) is 11.3 Å². The van der Waals surface area contributed by atoms with Crippen LogP contribution in [0.25, 0.3) is 28.6 Å². The van der Waals surface area contributed by atoms with Gasteiger partial charge in [-0.2, -0.15) is 0 Å². The third-order valence-corrected chi connectivity index (χ3v) is 4.62. The van der Waals surface area contributed by atoms with Crippen LogP contribution < -0.4 is 5.32 Å². The fourth-order valence-corrected chi connectivity index (χ4v) is 3.13. The summed E-state index contributed by atoms with van der Waals surface area (Å²) in [5.74, 6) is 0.955. The van der Waals surface area contributed by atoms with Gasteiger partial charge in [-0.05, 0) is 36.4 Å². The molecule has 0 aliphatic rings. The summed E-state index contributed by atoms with van der Waals surface area (Å²) >= 11 is 0. The molecule has 0 aliphatic heterocycles. The van der Waals surface area contributed by atoms with Crippen LogP contribution >= 0.6 is 0 Å². The third-order valence-electron chi connectivity index (χ3n) is 4.62. The summed E-state index contributed by atoms with van der Waals surface area (Å²) in [7, 11) is 0. The number of rotatable bonds is 6. The Labute approximate surface area is 173 Å². The smallest absolute Gasteiger partial charge is 0.250 e. The second kappa shape index (κ2) is 8.00. The van der Waals surface area contributed by atoms with Crippen molar-refractivity contribution < 1.29 is 4.42 Å². The SMILES string of the molecule is c1ccc(-c2nnc(-c3ccccc3NCc3cn(-c4ccccc4)nn3)o2)cc1. The molecule has 1 N–H and O–H groups in total. The summed E-state index contributed by atoms with van der Waals surface area (Å²) in [6.45, 7) is 0.517. The second-order valence-corrected chi connectivity index (χ2v) is 6.67. The highest BCUT2D eigenvalue weighted by Gasteiger charge is 2.14. The van der Waals surface area contributed by atoms with E-state index in [0.29, 0.717) is 18.3 Å². The average molecular weight is 394 g/mol. The molecule has 0 aliphatic carbocycles. The van der Waals surface area contributed by atoms with Crippen molar-refractivity contribution in [1.82, 2.24) is 25.2 Å². The number of hydrogen-bond acceptors (Lipinski definition) is 6. The molecule has 5 rings (SSSR count). The Morgan fingerprint density at radius 1 is 0.733 bits per heavy atom. The van der Waals surface area contributed by atoms with Crippen molar-refractivity contribution in [3.63, 3.8) is 0 Å². The van der Waals surface area contributed by atoms with E-state index in [4.69, 9.17) is 4.42 Å². The van der Waals surface area contributed by atoms with Crippen LogP contribution in [0, 0.1) is 0 Å². The average Bonchev–Trinajstić information content (AvgIpc) is 3.49. The van der Waals surface area contributed by atoms with E-state index < -0.39 is 0 Å². The summed E-state index contributed by atoms with van der Waals surface area (Å²) in [5, 5.41) is 20.3. The van der Waals surface area contributed by atoms with E-state index in [1.165, 1.54) is 0 Å². The minimum absolute atomic E-state index is 0.463. The first kappa shape index (κ1) is 17.8. The lowest BCUT2D eigenvalue weighted by atomic mass is 10.1. The number of hydrogen-bond donors (Lipinski definition) is 1. The highest BCUT2D eigenvalue weighted by atomic mass is 16.4. The van der Waals surface area contributed by atoms with Crippen molar-refractivity contribution in [2.45, 2.75) is 6.54 Å². The molecule has 0 fully saturated rings. The molecule has 0 saturated heterocycles. The first-order valence-corrected chi connectivity index (χ1v) is 9.56. The lowest BCUT2D eigenvalue weighted by Gasteiger charge is -2.08. The number of anilines is 1. The van der Waals surface area contributed by atoms with E-state index in [9.17, 15) is 0 Å². The zero-order valence-corrected chi connectivity index (χ0v) is 16.0. The van der Waals surface area contributed by atoms with Crippen molar-refractivity contribution in [2.24, 2.45) is 0 Å². The number of benzene rings is 3. The van der Waals surface area contributed by atoms with Crippen molar-refractivity contribution in [2.75, 3.05) is 5.32 Å². The minimum Gasteiger partial charge on any atom is -0.416 e. The molecule has 0 radical (unpaired) electrons. The lowest BCUT2D eigenvalue weighted by Crippen LogP contribution is -2.01. The first-order chi connectivity index (χ1) is 14.9. The Morgan fingerprint density at radius 2 is 1.43 bits per heavy atom. The molecule has 0 saturated carbocycles. The Kier molecular flexibility index (Phi) is 4.75. The van der Waals surface area contributed by atoms with Crippen LogP contribution in [0.15, 0.2) is 95.5 Å². The van der Waals surface area contributed by atoms with Crippen LogP contribution in [-0.4, -0.2) is 25.2 Å². The van der Waals surface area contributed by atoms with E-state index >= 15 is 0 Å². The van der Waals surface area contributed by atoms with Gasteiger partial charge in [-0.15, -0.1) is 15.3 Å². The molecule has 7 heteroatoms. The molecule has 30 heavy (non-hydrogen) atoms. The molecule has 2 aromatic heterocycles. The molecule has 0 unspecified atom stereocenters. The van der Waals surface area contributed by atoms with Gasteiger partial charge in [0.15, 0.2) is 0 Å². The Balaban J connectivity index is 1.35. The maximum Gasteiger partial charge on any atom is 0.250 e. The molecule has 2 heterocycles. The number of nitrogens with one attached hydrogen (secondary N) is 1. The molecule has 0 spiro atoms. The fraction of sp³-hybridized carbons (Fsp3) is 0.0435. The number of nitrogens with zero attached hydrogens (tertiary/aromatic N) is 5. The van der Waals surface area contributed by atoms with Crippen molar-refractivity contribution >= 4 is 5.69 Å². The monoisotopic (exact) mass is 394 g/mol. The van der Waals surface area contributed by atoms with Crippen molar-refractivity contribution in [1.29, 1.82) is 0 Å². The molecule has 5 aromatic rings. The minimum atomic E-state index is 0.463. The molecule has 0 atom stereocenters. The predicted octanol–water partition coefficient (Wildman–Crippen LogP) is 4.60. The highest BCUT2D eigenvalue weighted by Crippen LogP contribution is 2.29. The van der Waals surface area contributed by atoms with Crippen molar-refractivity contribution in [3.8, 4) is 28.6 Å². The first-order valence-electron chi connectivity index (χ1n) is 9.56. The zero-order chi connectivity index (χ0) is 20.2. The van der Waals surface area contributed by atoms with Gasteiger partial charge in [-0.3, -0.25) is 0 Å². The van der Waals surface area contributed by atoms with Crippen LogP contribution in [0.2, 0.25) is 0 Å². The largest absolute Gasteiger partial charge is 0.416 e. The van der Waals surface area contributed by atoms with Gasteiger partial charge >= 0.3 is 0 Å². The number of para-hydroxylation sites is 2. The molecule has 3 aromatic carbocycles. The molecule has 7 nitrogen and oxygen atoms in total. The van der Waals surface area contributed by atoms with E-state index in [2.05, 4.69) is 25.8 Å². The van der Waals surface area contributed by atoms with E-state index in [1.54, 1.807) is 4.68 Å². The Hall–Kier alpha value is -4.26. The van der Waals surface area contributed by atoms with Gasteiger partial charge in [-0.25, -0.2) is 4.68 Å². The Morgan fingerprint density at radius 3 is 2.27 bits per heavy atom. The van der Waals surface area contributed by atoms with Crippen LogP contribution in [0.3, 0.4) is 0 Å². The van der Waals surface area contributed by atoms with Gasteiger partial charge in [0.05, 0.1) is 24.0 Å². The zero-order valence-electron chi connectivity index (χ0n) is 16.0. The Bertz CT molecular complexity index is 1250. The lowest BCUT2D eigenvalue weighted by molar-refractivity contribution is 0.585. The summed E-state index contributed by atoms with van der Waals surface area (Å²) in [6, 6.07) is 27.4. The van der Waals surface area contributed by atoms with E-state index in [1.807, 2.05) is 91.1 Å². The summed E-state index contributed by atoms with van der Waals surface area (Å²) < 4.78 is 7.67. The molecule has 0 bridgehead atoms. The third kappa shape index (κ3) is 3.68. The quantitative estimate of drug-likeness (QED) is 0.453. The van der Waals surface area contributed by atoms with E-state index in [-0.39, 0.29) is 0 Å².